The molecule has 0 N–H and O–H groups in total. The minimum atomic E-state index is -1.89. The zero-order valence-corrected chi connectivity index (χ0v) is 13.7. The number of hydrogen-bond acceptors (Lipinski definition) is 0. The Hall–Kier alpha value is -0.520. The van der Waals surface area contributed by atoms with Gasteiger partial charge in [-0.25, -0.2) is 0 Å². The van der Waals surface area contributed by atoms with Crippen LogP contribution in [0, 0.1) is 22.7 Å². The Morgan fingerprint density at radius 3 is 2.75 bits per heavy atom. The fraction of sp³-hybridized carbons (Fsp3) is 0.800. The molecule has 0 aliphatic heterocycles. The first-order valence-corrected chi connectivity index (χ1v) is 8.45. The van der Waals surface area contributed by atoms with Gasteiger partial charge < -0.3 is 0 Å². The molecule has 0 heteroatoms. The van der Waals surface area contributed by atoms with Gasteiger partial charge in [-0.2, -0.15) is 0 Å². The van der Waals surface area contributed by atoms with E-state index in [1.807, 2.05) is 6.92 Å². The molecule has 0 nitrogen and oxygen atoms in total. The van der Waals surface area contributed by atoms with Crippen LogP contribution in [0.1, 0.15) is 83.6 Å². The second-order valence-electron chi connectivity index (χ2n) is 8.13. The third-order valence-electron chi connectivity index (χ3n) is 6.87. The van der Waals surface area contributed by atoms with Gasteiger partial charge >= 0.3 is 0 Å². The van der Waals surface area contributed by atoms with Crippen molar-refractivity contribution in [3.05, 3.63) is 22.8 Å². The average molecular weight is 275 g/mol. The van der Waals surface area contributed by atoms with Gasteiger partial charge in [-0.1, -0.05) is 43.5 Å². The quantitative estimate of drug-likeness (QED) is 0.456. The summed E-state index contributed by atoms with van der Waals surface area (Å²) in [4.78, 5) is 0. The third kappa shape index (κ3) is 2.11. The Bertz CT molecular complexity index is 554. The van der Waals surface area contributed by atoms with Gasteiger partial charge in [0.15, 0.2) is 0 Å². The second kappa shape index (κ2) is 4.75. The van der Waals surface area contributed by atoms with E-state index in [4.69, 9.17) is 4.11 Å². The zero-order chi connectivity index (χ0) is 17.0. The Morgan fingerprint density at radius 2 is 2.00 bits per heavy atom. The van der Waals surface area contributed by atoms with Crippen LogP contribution in [0.3, 0.4) is 0 Å². The van der Waals surface area contributed by atoms with Gasteiger partial charge in [0.25, 0.3) is 0 Å². The van der Waals surface area contributed by atoms with E-state index in [0.717, 1.165) is 32.1 Å². The van der Waals surface area contributed by atoms with Gasteiger partial charge in [0.05, 0.1) is 0 Å². The molecule has 3 aliphatic rings. The van der Waals surface area contributed by atoms with E-state index in [2.05, 4.69) is 26.8 Å². The molecule has 0 radical (unpaired) electrons. The lowest BCUT2D eigenvalue weighted by atomic mass is 9.53. The van der Waals surface area contributed by atoms with Crippen molar-refractivity contribution in [3.8, 4) is 0 Å². The molecule has 2 bridgehead atoms. The molecule has 4 atom stereocenters. The summed E-state index contributed by atoms with van der Waals surface area (Å²) in [5, 5.41) is 0. The van der Waals surface area contributed by atoms with Crippen LogP contribution in [0.2, 0.25) is 0 Å². The smallest absolute Gasteiger partial charge is 0.0239 e. The summed E-state index contributed by atoms with van der Waals surface area (Å²) in [5.74, 6) is 0.864. The predicted octanol–water partition coefficient (Wildman–Crippen LogP) is 6.29. The fourth-order valence-electron chi connectivity index (χ4n) is 5.31. The first kappa shape index (κ1) is 11.1. The summed E-state index contributed by atoms with van der Waals surface area (Å²) in [7, 11) is 0. The molecule has 112 valence electrons. The molecule has 0 heterocycles. The molecule has 0 aromatic heterocycles. The van der Waals surface area contributed by atoms with Crippen molar-refractivity contribution in [2.45, 2.75) is 79.5 Å². The highest BCUT2D eigenvalue weighted by Gasteiger charge is 2.46. The van der Waals surface area contributed by atoms with E-state index in [9.17, 15) is 0 Å². The molecular weight excluding hydrogens is 240 g/mol. The molecule has 0 amide bonds. The molecule has 20 heavy (non-hydrogen) atoms. The van der Waals surface area contributed by atoms with Crippen molar-refractivity contribution in [1.29, 1.82) is 0 Å². The minimum absolute atomic E-state index is 0.291. The lowest BCUT2D eigenvalue weighted by Gasteiger charge is -2.52. The van der Waals surface area contributed by atoms with E-state index in [1.165, 1.54) is 29.6 Å². The molecule has 0 aromatic rings. The van der Waals surface area contributed by atoms with Crippen molar-refractivity contribution in [2.24, 2.45) is 22.7 Å². The van der Waals surface area contributed by atoms with Crippen LogP contribution in [-0.4, -0.2) is 0 Å². The van der Waals surface area contributed by atoms with Gasteiger partial charge in [0.2, 0.25) is 0 Å². The van der Waals surface area contributed by atoms with Gasteiger partial charge in [0.1, 0.15) is 0 Å². The van der Waals surface area contributed by atoms with Crippen molar-refractivity contribution < 1.29 is 4.11 Å². The summed E-state index contributed by atoms with van der Waals surface area (Å²) in [6.45, 7) is 7.07. The molecule has 1 saturated carbocycles. The van der Waals surface area contributed by atoms with Gasteiger partial charge in [-0.05, 0) is 81.5 Å². The summed E-state index contributed by atoms with van der Waals surface area (Å²) >= 11 is 0. The van der Waals surface area contributed by atoms with E-state index in [-0.39, 0.29) is 0 Å². The molecule has 1 unspecified atom stereocenters. The second-order valence-corrected chi connectivity index (χ2v) is 8.13. The Balaban J connectivity index is 2.09. The van der Waals surface area contributed by atoms with E-state index in [1.54, 1.807) is 0 Å². The largest absolute Gasteiger partial charge is 0.0853 e. The van der Waals surface area contributed by atoms with Crippen LogP contribution in [0.5, 0.6) is 0 Å². The normalized spacial score (nSPS) is 48.2. The zero-order valence-electron chi connectivity index (χ0n) is 16.7. The van der Waals surface area contributed by atoms with Gasteiger partial charge in [0, 0.05) is 4.11 Å². The van der Waals surface area contributed by atoms with E-state index in [0.29, 0.717) is 17.3 Å². The van der Waals surface area contributed by atoms with Crippen molar-refractivity contribution >= 4 is 0 Å². The molecule has 1 fully saturated rings. The van der Waals surface area contributed by atoms with Crippen molar-refractivity contribution in [1.82, 2.24) is 0 Å². The Labute approximate surface area is 129 Å². The minimum Gasteiger partial charge on any atom is -0.0853 e. The number of hydrogen-bond donors (Lipinski definition) is 0. The predicted molar refractivity (Wildman–Crippen MR) is 87.6 cm³/mol. The van der Waals surface area contributed by atoms with Crippen LogP contribution in [0.4, 0.5) is 0 Å². The summed E-state index contributed by atoms with van der Waals surface area (Å²) < 4.78 is 24.9. The number of fused-ring (bicyclic) bond motifs is 3. The average Bonchev–Trinajstić information content (AvgIpc) is 2.43. The highest BCUT2D eigenvalue weighted by Crippen LogP contribution is 2.57. The Kier molecular flexibility index (Phi) is 2.64. The topological polar surface area (TPSA) is 0 Å². The molecule has 0 saturated heterocycles. The van der Waals surface area contributed by atoms with Gasteiger partial charge in [-0.15, -0.1) is 0 Å². The highest BCUT2D eigenvalue weighted by atomic mass is 14.5. The molecule has 0 aromatic carbocycles. The van der Waals surface area contributed by atoms with Crippen LogP contribution in [0.25, 0.3) is 0 Å². The van der Waals surface area contributed by atoms with Crippen LogP contribution < -0.4 is 0 Å². The fourth-order valence-corrected chi connectivity index (χ4v) is 5.31. The van der Waals surface area contributed by atoms with Crippen molar-refractivity contribution in [3.63, 3.8) is 0 Å². The van der Waals surface area contributed by atoms with E-state index >= 15 is 0 Å². The van der Waals surface area contributed by atoms with Crippen LogP contribution in [0.15, 0.2) is 22.8 Å². The van der Waals surface area contributed by atoms with Crippen LogP contribution >= 0.6 is 0 Å². The Morgan fingerprint density at radius 1 is 1.20 bits per heavy atom. The first-order valence-electron chi connectivity index (χ1n) is 9.95. The third-order valence-corrected chi connectivity index (χ3v) is 6.87. The van der Waals surface area contributed by atoms with Gasteiger partial charge in [-0.3, -0.25) is 0 Å². The monoisotopic (exact) mass is 275 g/mol. The summed E-state index contributed by atoms with van der Waals surface area (Å²) in [5.41, 5.74) is 3.90. The molecule has 0 spiro atoms. The first-order chi connectivity index (χ1) is 10.6. The van der Waals surface area contributed by atoms with Crippen molar-refractivity contribution in [2.75, 3.05) is 0 Å². The summed E-state index contributed by atoms with van der Waals surface area (Å²) in [6.07, 6.45) is 10.2. The van der Waals surface area contributed by atoms with Crippen LogP contribution in [-0.2, 0) is 0 Å². The lowest BCUT2D eigenvalue weighted by molar-refractivity contribution is 0.0802. The maximum atomic E-state index is 8.30. The number of allylic oxidation sites excluding steroid dienone is 4. The van der Waals surface area contributed by atoms with E-state index < -0.39 is 12.3 Å². The molecule has 3 aliphatic carbocycles. The molecular formula is C20H32. The molecule has 3 rings (SSSR count). The number of rotatable bonds is 0. The SMILES string of the molecule is [2H]C([2H])([2H])C1(C)C2=C(C)CC[C@H]1C[C@@H]1C(C)=CCC[C@@]1(C)CC2. The lowest BCUT2D eigenvalue weighted by Crippen LogP contribution is -2.41. The summed E-state index contributed by atoms with van der Waals surface area (Å²) in [6, 6.07) is 0. The standard InChI is InChI=1S/C20H32/c1-14-7-6-11-20(5)12-10-17-15(2)8-9-16(13-18(14)20)19(17,3)4/h7,16,18H,6,8-13H2,1-5H3/t16-,18+,20-/m0/s1/i3D3/t16-,18+,19?,20-. The maximum absolute atomic E-state index is 8.30. The maximum Gasteiger partial charge on any atom is 0.0239 e. The highest BCUT2D eigenvalue weighted by molar-refractivity contribution is 5.27.